The lowest BCUT2D eigenvalue weighted by Crippen LogP contribution is -2.40. The van der Waals surface area contributed by atoms with Crippen LogP contribution in [0.15, 0.2) is 12.3 Å². The first-order valence-electron chi connectivity index (χ1n) is 7.39. The molecule has 21 heavy (non-hydrogen) atoms. The zero-order valence-corrected chi connectivity index (χ0v) is 12.6. The lowest BCUT2D eigenvalue weighted by Gasteiger charge is -2.22. The van der Waals surface area contributed by atoms with Gasteiger partial charge in [0.15, 0.2) is 0 Å². The molecule has 0 saturated carbocycles. The summed E-state index contributed by atoms with van der Waals surface area (Å²) in [5, 5.41) is 12.9. The number of piperidine rings is 1. The van der Waals surface area contributed by atoms with E-state index in [2.05, 4.69) is 21.0 Å². The van der Waals surface area contributed by atoms with E-state index in [0.717, 1.165) is 25.9 Å². The molecule has 7 nitrogen and oxygen atoms in total. The number of nitrogens with one attached hydrogen (secondary N) is 3. The molecule has 1 fully saturated rings. The topological polar surface area (TPSA) is 88.0 Å². The first kappa shape index (κ1) is 15.5. The number of hydrogen-bond acceptors (Lipinski definition) is 4. The quantitative estimate of drug-likeness (QED) is 0.716. The second-order valence-electron chi connectivity index (χ2n) is 5.59. The molecule has 0 spiro atoms. The predicted molar refractivity (Wildman–Crippen MR) is 79.0 cm³/mol. The van der Waals surface area contributed by atoms with Crippen LogP contribution in [-0.4, -0.2) is 47.3 Å². The van der Waals surface area contributed by atoms with Crippen molar-refractivity contribution in [2.24, 2.45) is 0 Å². The smallest absolute Gasteiger partial charge is 0.272 e. The number of amides is 2. The summed E-state index contributed by atoms with van der Waals surface area (Å²) >= 11 is 0. The number of rotatable bonds is 5. The maximum Gasteiger partial charge on any atom is 0.272 e. The molecule has 0 aromatic carbocycles. The van der Waals surface area contributed by atoms with Gasteiger partial charge in [0.1, 0.15) is 5.69 Å². The fraction of sp³-hybridized carbons (Fsp3) is 0.643. The predicted octanol–water partition coefficient (Wildman–Crippen LogP) is 0.0620. The summed E-state index contributed by atoms with van der Waals surface area (Å²) in [5.74, 6) is -0.523. The average Bonchev–Trinajstić information content (AvgIpc) is 2.95. The lowest BCUT2D eigenvalue weighted by atomic mass is 10.1. The molecule has 1 aliphatic heterocycles. The first-order chi connectivity index (χ1) is 10.1. The fourth-order valence-electron chi connectivity index (χ4n) is 2.35. The second kappa shape index (κ2) is 7.21. The average molecular weight is 293 g/mol. The van der Waals surface area contributed by atoms with Crippen LogP contribution in [0.4, 0.5) is 0 Å². The zero-order valence-electron chi connectivity index (χ0n) is 12.6. The Balaban J connectivity index is 1.85. The largest absolute Gasteiger partial charge is 0.352 e. The monoisotopic (exact) mass is 293 g/mol. The summed E-state index contributed by atoms with van der Waals surface area (Å²) in [6.45, 7) is 5.63. The number of nitrogens with zero attached hydrogens (tertiary/aromatic N) is 2. The highest BCUT2D eigenvalue weighted by atomic mass is 16.2. The number of aromatic nitrogens is 2. The number of carbonyl (C=O) groups excluding carboxylic acids is 2. The van der Waals surface area contributed by atoms with E-state index in [1.54, 1.807) is 6.07 Å². The Bertz CT molecular complexity index is 491. The van der Waals surface area contributed by atoms with Crippen LogP contribution in [-0.2, 0) is 4.79 Å². The molecular weight excluding hydrogens is 270 g/mol. The standard InChI is InChI=1S/C14H23N5O2/c1-10(2)17-13(20)9-16-14(21)12-5-7-19(18-12)11-4-3-6-15-8-11/h5,7,10-11,15H,3-4,6,8-9H2,1-2H3,(H,16,21)(H,17,20). The van der Waals surface area contributed by atoms with E-state index in [4.69, 9.17) is 0 Å². The van der Waals surface area contributed by atoms with Crippen molar-refractivity contribution in [2.75, 3.05) is 19.6 Å². The molecule has 2 heterocycles. The van der Waals surface area contributed by atoms with Gasteiger partial charge in [-0.3, -0.25) is 14.3 Å². The Hall–Kier alpha value is -1.89. The third kappa shape index (κ3) is 4.56. The van der Waals surface area contributed by atoms with Gasteiger partial charge in [-0.1, -0.05) is 0 Å². The molecule has 0 aliphatic carbocycles. The highest BCUT2D eigenvalue weighted by Gasteiger charge is 2.18. The van der Waals surface area contributed by atoms with E-state index in [9.17, 15) is 9.59 Å². The van der Waals surface area contributed by atoms with E-state index in [1.807, 2.05) is 24.7 Å². The van der Waals surface area contributed by atoms with Crippen molar-refractivity contribution in [3.63, 3.8) is 0 Å². The van der Waals surface area contributed by atoms with Gasteiger partial charge in [0.25, 0.3) is 5.91 Å². The summed E-state index contributed by atoms with van der Waals surface area (Å²) in [6.07, 6.45) is 3.99. The molecule has 1 aliphatic rings. The Morgan fingerprint density at radius 1 is 1.52 bits per heavy atom. The minimum absolute atomic E-state index is 0.0329. The van der Waals surface area contributed by atoms with Gasteiger partial charge in [-0.2, -0.15) is 5.10 Å². The molecule has 3 N–H and O–H groups in total. The summed E-state index contributed by atoms with van der Waals surface area (Å²) in [5.41, 5.74) is 0.345. The van der Waals surface area contributed by atoms with Crippen LogP contribution in [0.25, 0.3) is 0 Å². The Labute approximate surface area is 124 Å². The van der Waals surface area contributed by atoms with Crippen molar-refractivity contribution in [1.82, 2.24) is 25.7 Å². The van der Waals surface area contributed by atoms with E-state index >= 15 is 0 Å². The molecule has 0 bridgehead atoms. The van der Waals surface area contributed by atoms with E-state index < -0.39 is 0 Å². The number of carbonyl (C=O) groups is 2. The van der Waals surface area contributed by atoms with Crippen molar-refractivity contribution < 1.29 is 9.59 Å². The Morgan fingerprint density at radius 3 is 3.00 bits per heavy atom. The second-order valence-corrected chi connectivity index (χ2v) is 5.59. The molecule has 7 heteroatoms. The van der Waals surface area contributed by atoms with Crippen LogP contribution in [0.1, 0.15) is 43.2 Å². The van der Waals surface area contributed by atoms with Gasteiger partial charge in [-0.15, -0.1) is 0 Å². The first-order valence-corrected chi connectivity index (χ1v) is 7.39. The van der Waals surface area contributed by atoms with Crippen LogP contribution >= 0.6 is 0 Å². The maximum absolute atomic E-state index is 11.9. The lowest BCUT2D eigenvalue weighted by molar-refractivity contribution is -0.120. The zero-order chi connectivity index (χ0) is 15.2. The Kier molecular flexibility index (Phi) is 5.32. The molecule has 1 aromatic rings. The highest BCUT2D eigenvalue weighted by molar-refractivity contribution is 5.94. The number of hydrogen-bond donors (Lipinski definition) is 3. The summed E-state index contributed by atoms with van der Waals surface area (Å²) in [6, 6.07) is 2.04. The van der Waals surface area contributed by atoms with Crippen molar-refractivity contribution in [3.8, 4) is 0 Å². The normalized spacial score (nSPS) is 18.5. The third-order valence-corrected chi connectivity index (χ3v) is 3.35. The molecular formula is C14H23N5O2. The molecule has 1 atom stereocenters. The minimum atomic E-state index is -0.323. The molecule has 1 aromatic heterocycles. The summed E-state index contributed by atoms with van der Waals surface area (Å²) in [4.78, 5) is 23.4. The highest BCUT2D eigenvalue weighted by Crippen LogP contribution is 2.15. The minimum Gasteiger partial charge on any atom is -0.352 e. The van der Waals surface area contributed by atoms with Crippen molar-refractivity contribution in [2.45, 2.75) is 38.8 Å². The van der Waals surface area contributed by atoms with Gasteiger partial charge in [-0.05, 0) is 39.3 Å². The van der Waals surface area contributed by atoms with Gasteiger partial charge in [0.2, 0.25) is 5.91 Å². The van der Waals surface area contributed by atoms with Crippen molar-refractivity contribution >= 4 is 11.8 Å². The van der Waals surface area contributed by atoms with Crippen LogP contribution in [0.5, 0.6) is 0 Å². The van der Waals surface area contributed by atoms with Gasteiger partial charge in [0, 0.05) is 18.8 Å². The fourth-order valence-corrected chi connectivity index (χ4v) is 2.35. The molecule has 116 valence electrons. The van der Waals surface area contributed by atoms with Gasteiger partial charge in [-0.25, -0.2) is 0 Å². The van der Waals surface area contributed by atoms with Crippen LogP contribution in [0.3, 0.4) is 0 Å². The maximum atomic E-state index is 11.9. The van der Waals surface area contributed by atoms with Crippen molar-refractivity contribution in [3.05, 3.63) is 18.0 Å². The van der Waals surface area contributed by atoms with Crippen LogP contribution in [0.2, 0.25) is 0 Å². The van der Waals surface area contributed by atoms with Crippen LogP contribution in [0, 0.1) is 0 Å². The van der Waals surface area contributed by atoms with E-state index in [-0.39, 0.29) is 24.4 Å². The molecule has 0 radical (unpaired) electrons. The van der Waals surface area contributed by atoms with Gasteiger partial charge in [0.05, 0.1) is 12.6 Å². The van der Waals surface area contributed by atoms with Crippen LogP contribution < -0.4 is 16.0 Å². The summed E-state index contributed by atoms with van der Waals surface area (Å²) < 4.78 is 1.83. The third-order valence-electron chi connectivity index (χ3n) is 3.35. The molecule has 2 rings (SSSR count). The van der Waals surface area contributed by atoms with Gasteiger partial charge >= 0.3 is 0 Å². The molecule has 1 saturated heterocycles. The van der Waals surface area contributed by atoms with E-state index in [0.29, 0.717) is 11.7 Å². The van der Waals surface area contributed by atoms with Crippen molar-refractivity contribution in [1.29, 1.82) is 0 Å². The Morgan fingerprint density at radius 2 is 2.33 bits per heavy atom. The summed E-state index contributed by atoms with van der Waals surface area (Å²) in [7, 11) is 0. The SMILES string of the molecule is CC(C)NC(=O)CNC(=O)c1ccn(C2CCCNC2)n1. The molecule has 1 unspecified atom stereocenters. The van der Waals surface area contributed by atoms with Gasteiger partial charge < -0.3 is 16.0 Å². The van der Waals surface area contributed by atoms with E-state index in [1.165, 1.54) is 0 Å². The molecule has 2 amide bonds.